The first kappa shape index (κ1) is 22.9. The number of hydrogen-bond donors (Lipinski definition) is 2. The third kappa shape index (κ3) is 7.54. The van der Waals surface area contributed by atoms with Crippen LogP contribution in [0.2, 0.25) is 0 Å². The summed E-state index contributed by atoms with van der Waals surface area (Å²) in [5, 5.41) is 6.74. The van der Waals surface area contributed by atoms with Crippen LogP contribution in [0.4, 0.5) is 0 Å². The predicted molar refractivity (Wildman–Crippen MR) is 111 cm³/mol. The molecule has 0 spiro atoms. The summed E-state index contributed by atoms with van der Waals surface area (Å²) in [7, 11) is 9.00. The highest BCUT2D eigenvalue weighted by atomic mass is 16.5. The predicted octanol–water partition coefficient (Wildman–Crippen LogP) is 2.36. The van der Waals surface area contributed by atoms with E-state index < -0.39 is 0 Å². The van der Waals surface area contributed by atoms with Crippen LogP contribution in [0.1, 0.15) is 26.3 Å². The Morgan fingerprint density at radius 3 is 2.07 bits per heavy atom. The Morgan fingerprint density at radius 2 is 1.63 bits per heavy atom. The Labute approximate surface area is 164 Å². The van der Waals surface area contributed by atoms with Crippen molar-refractivity contribution in [2.45, 2.75) is 27.3 Å². The molecule has 0 aliphatic heterocycles. The van der Waals surface area contributed by atoms with Crippen molar-refractivity contribution in [3.8, 4) is 17.2 Å². The molecule has 7 nitrogen and oxygen atoms in total. The molecule has 0 atom stereocenters. The highest BCUT2D eigenvalue weighted by molar-refractivity contribution is 5.79. The van der Waals surface area contributed by atoms with Crippen LogP contribution in [0.3, 0.4) is 0 Å². The van der Waals surface area contributed by atoms with Crippen LogP contribution in [-0.4, -0.2) is 65.9 Å². The van der Waals surface area contributed by atoms with Crippen molar-refractivity contribution < 1.29 is 14.2 Å². The zero-order valence-electron chi connectivity index (χ0n) is 18.1. The summed E-state index contributed by atoms with van der Waals surface area (Å²) in [6.07, 6.45) is 0. The van der Waals surface area contributed by atoms with Gasteiger partial charge in [-0.15, -0.1) is 0 Å². The average molecular weight is 381 g/mol. The van der Waals surface area contributed by atoms with Crippen molar-refractivity contribution in [3.05, 3.63) is 17.7 Å². The molecule has 0 saturated heterocycles. The minimum absolute atomic E-state index is 0.131. The first-order valence-corrected chi connectivity index (χ1v) is 9.22. The molecule has 0 radical (unpaired) electrons. The van der Waals surface area contributed by atoms with Crippen LogP contribution in [-0.2, 0) is 6.54 Å². The van der Waals surface area contributed by atoms with Crippen molar-refractivity contribution in [3.63, 3.8) is 0 Å². The van der Waals surface area contributed by atoms with Gasteiger partial charge < -0.3 is 29.7 Å². The summed E-state index contributed by atoms with van der Waals surface area (Å²) in [4.78, 5) is 6.90. The SMILES string of the molecule is CCNC(=NCc1cc(OC)c(OC)c(OC)c1)NCC(C)(C)CN(C)C. The number of ether oxygens (including phenoxy) is 3. The number of nitrogens with one attached hydrogen (secondary N) is 2. The molecule has 2 N–H and O–H groups in total. The summed E-state index contributed by atoms with van der Waals surface area (Å²) in [6, 6.07) is 3.84. The fourth-order valence-electron chi connectivity index (χ4n) is 2.97. The Bertz CT molecular complexity index is 590. The lowest BCUT2D eigenvalue weighted by molar-refractivity contribution is 0.241. The molecule has 0 aliphatic carbocycles. The normalized spacial score (nSPS) is 12.1. The van der Waals surface area contributed by atoms with Crippen LogP contribution < -0.4 is 24.8 Å². The average Bonchev–Trinajstić information content (AvgIpc) is 2.61. The van der Waals surface area contributed by atoms with Crippen LogP contribution in [0.25, 0.3) is 0 Å². The quantitative estimate of drug-likeness (QED) is 0.480. The third-order valence-electron chi connectivity index (χ3n) is 3.97. The first-order valence-electron chi connectivity index (χ1n) is 9.22. The zero-order chi connectivity index (χ0) is 20.4. The third-order valence-corrected chi connectivity index (χ3v) is 3.97. The summed E-state index contributed by atoms with van der Waals surface area (Å²) >= 11 is 0. The van der Waals surface area contributed by atoms with E-state index in [0.29, 0.717) is 23.8 Å². The topological polar surface area (TPSA) is 67.4 Å². The Hall–Kier alpha value is -2.15. The highest BCUT2D eigenvalue weighted by Crippen LogP contribution is 2.38. The first-order chi connectivity index (χ1) is 12.8. The summed E-state index contributed by atoms with van der Waals surface area (Å²) in [5.74, 6) is 2.64. The van der Waals surface area contributed by atoms with Gasteiger partial charge in [0.2, 0.25) is 5.75 Å². The Morgan fingerprint density at radius 1 is 1.04 bits per heavy atom. The minimum atomic E-state index is 0.131. The van der Waals surface area contributed by atoms with E-state index in [1.165, 1.54) is 0 Å². The van der Waals surface area contributed by atoms with Gasteiger partial charge >= 0.3 is 0 Å². The van der Waals surface area contributed by atoms with Gasteiger partial charge in [-0.05, 0) is 44.1 Å². The minimum Gasteiger partial charge on any atom is -0.493 e. The maximum absolute atomic E-state index is 5.41. The number of methoxy groups -OCH3 is 3. The number of hydrogen-bond acceptors (Lipinski definition) is 5. The largest absolute Gasteiger partial charge is 0.493 e. The van der Waals surface area contributed by atoms with Crippen molar-refractivity contribution >= 4 is 5.96 Å². The molecular formula is C20H36N4O3. The van der Waals surface area contributed by atoms with Gasteiger partial charge in [0.25, 0.3) is 0 Å². The summed E-state index contributed by atoms with van der Waals surface area (Å²) in [5.41, 5.74) is 1.11. The molecular weight excluding hydrogens is 344 g/mol. The van der Waals surface area contributed by atoms with Gasteiger partial charge in [-0.25, -0.2) is 4.99 Å². The van der Waals surface area contributed by atoms with Crippen molar-refractivity contribution in [2.24, 2.45) is 10.4 Å². The van der Waals surface area contributed by atoms with Crippen LogP contribution >= 0.6 is 0 Å². The van der Waals surface area contributed by atoms with E-state index in [9.17, 15) is 0 Å². The molecule has 7 heteroatoms. The van der Waals surface area contributed by atoms with Gasteiger partial charge in [0.05, 0.1) is 27.9 Å². The molecule has 0 aliphatic rings. The van der Waals surface area contributed by atoms with Crippen LogP contribution in [0.15, 0.2) is 17.1 Å². The number of guanidine groups is 1. The molecule has 1 aromatic rings. The van der Waals surface area contributed by atoms with Gasteiger partial charge in [-0.1, -0.05) is 13.8 Å². The monoisotopic (exact) mass is 380 g/mol. The van der Waals surface area contributed by atoms with Gasteiger partial charge in [0.1, 0.15) is 0 Å². The molecule has 0 aromatic heterocycles. The lowest BCUT2D eigenvalue weighted by atomic mass is 9.93. The Kier molecular flexibility index (Phi) is 9.21. The van der Waals surface area contributed by atoms with E-state index in [-0.39, 0.29) is 5.41 Å². The molecule has 1 rings (SSSR count). The van der Waals surface area contributed by atoms with Crippen LogP contribution in [0.5, 0.6) is 17.2 Å². The summed E-state index contributed by atoms with van der Waals surface area (Å²) in [6.45, 7) is 9.65. The fraction of sp³-hybridized carbons (Fsp3) is 0.650. The van der Waals surface area contributed by atoms with Crippen molar-refractivity contribution in [1.29, 1.82) is 0 Å². The number of aliphatic imine (C=N–C) groups is 1. The van der Waals surface area contributed by atoms with Gasteiger partial charge in [-0.2, -0.15) is 0 Å². The second-order valence-electron chi connectivity index (χ2n) is 7.48. The number of benzene rings is 1. The molecule has 0 heterocycles. The maximum atomic E-state index is 5.41. The summed E-state index contributed by atoms with van der Waals surface area (Å²) < 4.78 is 16.2. The van der Waals surface area contributed by atoms with Gasteiger partial charge in [-0.3, -0.25) is 0 Å². The van der Waals surface area contributed by atoms with Crippen LogP contribution in [0, 0.1) is 5.41 Å². The lowest BCUT2D eigenvalue weighted by Gasteiger charge is -2.29. The molecule has 27 heavy (non-hydrogen) atoms. The molecule has 0 fully saturated rings. The molecule has 1 aromatic carbocycles. The van der Waals surface area contributed by atoms with E-state index in [1.54, 1.807) is 21.3 Å². The van der Waals surface area contributed by atoms with E-state index in [0.717, 1.165) is 31.2 Å². The second-order valence-corrected chi connectivity index (χ2v) is 7.48. The molecule has 0 bridgehead atoms. The zero-order valence-corrected chi connectivity index (χ0v) is 18.1. The lowest BCUT2D eigenvalue weighted by Crippen LogP contribution is -2.44. The van der Waals surface area contributed by atoms with E-state index in [2.05, 4.69) is 50.4 Å². The second kappa shape index (κ2) is 10.9. The molecule has 0 saturated carbocycles. The fourth-order valence-corrected chi connectivity index (χ4v) is 2.97. The molecule has 154 valence electrons. The molecule has 0 unspecified atom stereocenters. The number of rotatable bonds is 10. The standard InChI is InChI=1S/C20H36N4O3/c1-9-21-19(23-13-20(2,3)14-24(4)5)22-12-15-10-16(25-6)18(27-8)17(11-15)26-7/h10-11H,9,12-14H2,1-8H3,(H2,21,22,23). The van der Waals surface area contributed by atoms with E-state index in [1.807, 2.05) is 12.1 Å². The van der Waals surface area contributed by atoms with E-state index >= 15 is 0 Å². The Balaban J connectivity index is 2.91. The molecule has 0 amide bonds. The van der Waals surface area contributed by atoms with Crippen molar-refractivity contribution in [1.82, 2.24) is 15.5 Å². The van der Waals surface area contributed by atoms with E-state index in [4.69, 9.17) is 19.2 Å². The highest BCUT2D eigenvalue weighted by Gasteiger charge is 2.19. The maximum Gasteiger partial charge on any atom is 0.203 e. The van der Waals surface area contributed by atoms with Gasteiger partial charge in [0, 0.05) is 19.6 Å². The smallest absolute Gasteiger partial charge is 0.203 e. The van der Waals surface area contributed by atoms with Crippen molar-refractivity contribution in [2.75, 3.05) is 55.1 Å². The number of nitrogens with zero attached hydrogens (tertiary/aromatic N) is 2. The van der Waals surface area contributed by atoms with Gasteiger partial charge in [0.15, 0.2) is 17.5 Å².